The molecule has 5 heteroatoms. The zero-order valence-corrected chi connectivity index (χ0v) is 12.3. The largest absolute Gasteiger partial charge is 0.352 e. The van der Waals surface area contributed by atoms with Crippen LogP contribution in [0.5, 0.6) is 0 Å². The number of rotatable bonds is 6. The third-order valence-corrected chi connectivity index (χ3v) is 3.74. The van der Waals surface area contributed by atoms with Crippen molar-refractivity contribution in [3.63, 3.8) is 0 Å². The van der Waals surface area contributed by atoms with Gasteiger partial charge in [-0.3, -0.25) is 9.59 Å². The van der Waals surface area contributed by atoms with Crippen LogP contribution in [0.2, 0.25) is 0 Å². The molecule has 0 unspecified atom stereocenters. The van der Waals surface area contributed by atoms with E-state index in [0.717, 1.165) is 12.8 Å². The van der Waals surface area contributed by atoms with E-state index < -0.39 is 0 Å². The summed E-state index contributed by atoms with van der Waals surface area (Å²) in [4.78, 5) is 23.4. The lowest BCUT2D eigenvalue weighted by Crippen LogP contribution is -2.49. The summed E-state index contributed by atoms with van der Waals surface area (Å²) in [7, 11) is 1.92. The minimum atomic E-state index is -0.134. The highest BCUT2D eigenvalue weighted by Crippen LogP contribution is 2.30. The fraction of sp³-hybridized carbons (Fsp3) is 0.857. The van der Waals surface area contributed by atoms with Gasteiger partial charge in [0, 0.05) is 18.0 Å². The van der Waals surface area contributed by atoms with E-state index >= 15 is 0 Å². The van der Waals surface area contributed by atoms with Crippen molar-refractivity contribution in [2.75, 3.05) is 13.6 Å². The van der Waals surface area contributed by atoms with E-state index in [0.29, 0.717) is 6.42 Å². The fourth-order valence-electron chi connectivity index (χ4n) is 2.67. The van der Waals surface area contributed by atoms with Crippen molar-refractivity contribution in [1.82, 2.24) is 16.0 Å². The van der Waals surface area contributed by atoms with E-state index in [1.807, 2.05) is 20.9 Å². The summed E-state index contributed by atoms with van der Waals surface area (Å²) in [5.74, 6) is -0.180. The van der Waals surface area contributed by atoms with Crippen molar-refractivity contribution < 1.29 is 9.59 Å². The molecule has 0 atom stereocenters. The van der Waals surface area contributed by atoms with Crippen LogP contribution in [-0.4, -0.2) is 37.0 Å². The molecule has 1 saturated carbocycles. The van der Waals surface area contributed by atoms with Gasteiger partial charge in [0.2, 0.25) is 11.8 Å². The first kappa shape index (κ1) is 16.0. The van der Waals surface area contributed by atoms with Gasteiger partial charge in [0.1, 0.15) is 0 Å². The highest BCUT2D eigenvalue weighted by molar-refractivity contribution is 5.85. The molecule has 1 aliphatic rings. The minimum Gasteiger partial charge on any atom is -0.352 e. The van der Waals surface area contributed by atoms with Crippen LogP contribution in [0.4, 0.5) is 0 Å². The zero-order valence-electron chi connectivity index (χ0n) is 12.3. The summed E-state index contributed by atoms with van der Waals surface area (Å²) in [5.41, 5.74) is -0.0726. The first-order chi connectivity index (χ1) is 8.97. The normalized spacial score (nSPS) is 18.1. The van der Waals surface area contributed by atoms with Gasteiger partial charge in [-0.1, -0.05) is 19.3 Å². The Morgan fingerprint density at radius 2 is 1.74 bits per heavy atom. The molecule has 0 saturated heterocycles. The molecular formula is C14H27N3O2. The lowest BCUT2D eigenvalue weighted by atomic mass is 9.79. The van der Waals surface area contributed by atoms with Crippen molar-refractivity contribution in [3.8, 4) is 0 Å². The van der Waals surface area contributed by atoms with E-state index in [2.05, 4.69) is 16.0 Å². The molecule has 19 heavy (non-hydrogen) atoms. The Hall–Kier alpha value is -1.10. The van der Waals surface area contributed by atoms with Gasteiger partial charge < -0.3 is 16.0 Å². The van der Waals surface area contributed by atoms with Crippen molar-refractivity contribution >= 4 is 11.8 Å². The molecule has 0 aromatic heterocycles. The average Bonchev–Trinajstić information content (AvgIpc) is 2.37. The molecule has 0 heterocycles. The van der Waals surface area contributed by atoms with Gasteiger partial charge in [0.25, 0.3) is 0 Å². The van der Waals surface area contributed by atoms with Crippen LogP contribution in [0.25, 0.3) is 0 Å². The van der Waals surface area contributed by atoms with E-state index in [9.17, 15) is 9.59 Å². The maximum Gasteiger partial charge on any atom is 0.239 e. The topological polar surface area (TPSA) is 70.2 Å². The van der Waals surface area contributed by atoms with Gasteiger partial charge in [-0.15, -0.1) is 0 Å². The molecule has 1 rings (SSSR count). The van der Waals surface area contributed by atoms with Crippen molar-refractivity contribution in [2.24, 2.45) is 0 Å². The molecule has 0 aromatic rings. The molecule has 0 spiro atoms. The predicted molar refractivity (Wildman–Crippen MR) is 75.8 cm³/mol. The molecule has 0 radical (unpaired) electrons. The van der Waals surface area contributed by atoms with Crippen LogP contribution < -0.4 is 16.0 Å². The third kappa shape index (κ3) is 5.59. The predicted octanol–water partition coefficient (Wildman–Crippen LogP) is 0.940. The van der Waals surface area contributed by atoms with Crippen LogP contribution in [0.3, 0.4) is 0 Å². The van der Waals surface area contributed by atoms with Crippen molar-refractivity contribution in [2.45, 2.75) is 64.0 Å². The molecule has 0 aromatic carbocycles. The van der Waals surface area contributed by atoms with Crippen LogP contribution in [0, 0.1) is 0 Å². The van der Waals surface area contributed by atoms with Crippen LogP contribution in [-0.2, 0) is 9.59 Å². The number of hydrogen-bond acceptors (Lipinski definition) is 3. The first-order valence-electron chi connectivity index (χ1n) is 7.22. The molecule has 3 N–H and O–H groups in total. The van der Waals surface area contributed by atoms with Gasteiger partial charge >= 0.3 is 0 Å². The number of hydrogen-bond donors (Lipinski definition) is 3. The highest BCUT2D eigenvalue weighted by Gasteiger charge is 2.32. The quantitative estimate of drug-likeness (QED) is 0.672. The highest BCUT2D eigenvalue weighted by atomic mass is 16.2. The molecule has 2 amide bonds. The van der Waals surface area contributed by atoms with Gasteiger partial charge in [0.15, 0.2) is 0 Å². The van der Waals surface area contributed by atoms with Gasteiger partial charge in [-0.25, -0.2) is 0 Å². The zero-order chi connectivity index (χ0) is 14.3. The maximum absolute atomic E-state index is 11.9. The van der Waals surface area contributed by atoms with E-state index in [-0.39, 0.29) is 29.9 Å². The van der Waals surface area contributed by atoms with Gasteiger partial charge in [-0.2, -0.15) is 0 Å². The number of carbonyl (C=O) groups excluding carboxylic acids is 2. The Bertz CT molecular complexity index is 310. The van der Waals surface area contributed by atoms with Crippen LogP contribution in [0.15, 0.2) is 0 Å². The third-order valence-electron chi connectivity index (χ3n) is 3.74. The standard InChI is InChI=1S/C14H27N3O2/c1-11(2)17-13(19)10-16-12(18)9-14(15-3)7-5-4-6-8-14/h11,15H,4-10H2,1-3H3,(H,16,18)(H,17,19). The monoisotopic (exact) mass is 269 g/mol. The molecule has 1 fully saturated rings. The summed E-state index contributed by atoms with van der Waals surface area (Å²) >= 11 is 0. The van der Waals surface area contributed by atoms with Crippen molar-refractivity contribution in [1.29, 1.82) is 0 Å². The van der Waals surface area contributed by atoms with Gasteiger partial charge in [-0.05, 0) is 33.7 Å². The van der Waals surface area contributed by atoms with E-state index in [1.165, 1.54) is 19.3 Å². The molecular weight excluding hydrogens is 242 g/mol. The second-order valence-corrected chi connectivity index (χ2v) is 5.77. The molecule has 5 nitrogen and oxygen atoms in total. The van der Waals surface area contributed by atoms with Crippen LogP contribution >= 0.6 is 0 Å². The number of carbonyl (C=O) groups is 2. The molecule has 0 aliphatic heterocycles. The summed E-state index contributed by atoms with van der Waals surface area (Å²) in [6, 6.07) is 0.103. The Morgan fingerprint density at radius 3 is 2.26 bits per heavy atom. The summed E-state index contributed by atoms with van der Waals surface area (Å²) in [6.07, 6.45) is 6.12. The lowest BCUT2D eigenvalue weighted by Gasteiger charge is -2.36. The summed E-state index contributed by atoms with van der Waals surface area (Å²) in [6.45, 7) is 3.87. The van der Waals surface area contributed by atoms with E-state index in [1.54, 1.807) is 0 Å². The first-order valence-corrected chi connectivity index (χ1v) is 7.22. The Labute approximate surface area is 115 Å². The molecule has 0 bridgehead atoms. The lowest BCUT2D eigenvalue weighted by molar-refractivity contribution is -0.127. The second kappa shape index (κ2) is 7.48. The summed E-state index contributed by atoms with van der Waals surface area (Å²) < 4.78 is 0. The summed E-state index contributed by atoms with van der Waals surface area (Å²) in [5, 5.41) is 8.77. The number of amides is 2. The molecule has 1 aliphatic carbocycles. The minimum absolute atomic E-state index is 0.0462. The number of nitrogens with one attached hydrogen (secondary N) is 3. The second-order valence-electron chi connectivity index (χ2n) is 5.77. The van der Waals surface area contributed by atoms with Crippen LogP contribution in [0.1, 0.15) is 52.4 Å². The Kier molecular flexibility index (Phi) is 6.28. The Morgan fingerprint density at radius 1 is 1.11 bits per heavy atom. The average molecular weight is 269 g/mol. The SMILES string of the molecule is CNC1(CC(=O)NCC(=O)NC(C)C)CCCCC1. The molecule has 110 valence electrons. The van der Waals surface area contributed by atoms with E-state index in [4.69, 9.17) is 0 Å². The maximum atomic E-state index is 11.9. The Balaban J connectivity index is 2.35. The van der Waals surface area contributed by atoms with Gasteiger partial charge in [0.05, 0.1) is 6.54 Å². The van der Waals surface area contributed by atoms with Crippen molar-refractivity contribution in [3.05, 3.63) is 0 Å². The smallest absolute Gasteiger partial charge is 0.239 e. The fourth-order valence-corrected chi connectivity index (χ4v) is 2.67.